The van der Waals surface area contributed by atoms with Gasteiger partial charge in [-0.1, -0.05) is 26.2 Å². The third-order valence-corrected chi connectivity index (χ3v) is 4.70. The van der Waals surface area contributed by atoms with Crippen LogP contribution in [0.5, 0.6) is 0 Å². The highest BCUT2D eigenvalue weighted by Gasteiger charge is 2.41. The quantitative estimate of drug-likeness (QED) is 0.206. The van der Waals surface area contributed by atoms with Crippen LogP contribution in [0.1, 0.15) is 58.8 Å². The predicted octanol–water partition coefficient (Wildman–Crippen LogP) is 3.01. The molecule has 26 heavy (non-hydrogen) atoms. The molecule has 1 amide bonds. The molecule has 7 heteroatoms. The Morgan fingerprint density at radius 3 is 2.35 bits per heavy atom. The van der Waals surface area contributed by atoms with Crippen molar-refractivity contribution in [2.75, 3.05) is 46.9 Å². The standard InChI is InChI=1S/C19H38N4O2.HI/c1-5-7-14-25-15-10-13-21-18(20-6-2)22-16-19(11-8-9-12-19)17(24)23(3)4;/h5-16H2,1-4H3,(H2,20,21,22);1H. The van der Waals surface area contributed by atoms with Crippen molar-refractivity contribution in [1.82, 2.24) is 15.5 Å². The molecule has 6 nitrogen and oxygen atoms in total. The van der Waals surface area contributed by atoms with Gasteiger partial charge in [0, 0.05) is 40.4 Å². The van der Waals surface area contributed by atoms with E-state index in [1.54, 1.807) is 4.90 Å². The molecule has 0 aromatic rings. The van der Waals surface area contributed by atoms with Gasteiger partial charge in [0.2, 0.25) is 5.91 Å². The van der Waals surface area contributed by atoms with Crippen molar-refractivity contribution >= 4 is 35.8 Å². The molecule has 1 saturated carbocycles. The van der Waals surface area contributed by atoms with Crippen LogP contribution in [-0.4, -0.2) is 63.7 Å². The number of ether oxygens (including phenoxy) is 1. The van der Waals surface area contributed by atoms with Crippen LogP contribution < -0.4 is 10.6 Å². The minimum atomic E-state index is -0.310. The Labute approximate surface area is 176 Å². The van der Waals surface area contributed by atoms with Gasteiger partial charge in [-0.2, -0.15) is 0 Å². The molecular weight excluding hydrogens is 443 g/mol. The molecule has 0 atom stereocenters. The predicted molar refractivity (Wildman–Crippen MR) is 119 cm³/mol. The summed E-state index contributed by atoms with van der Waals surface area (Å²) in [7, 11) is 3.68. The van der Waals surface area contributed by atoms with Gasteiger partial charge in [0.25, 0.3) is 0 Å². The fourth-order valence-corrected chi connectivity index (χ4v) is 3.27. The summed E-state index contributed by atoms with van der Waals surface area (Å²) >= 11 is 0. The minimum Gasteiger partial charge on any atom is -0.381 e. The fourth-order valence-electron chi connectivity index (χ4n) is 3.27. The number of halogens is 1. The lowest BCUT2D eigenvalue weighted by molar-refractivity contribution is -0.138. The van der Waals surface area contributed by atoms with E-state index in [0.717, 1.165) is 70.8 Å². The SMILES string of the molecule is CCCCOCCCNC(=NCC1(C(=O)N(C)C)CCCC1)NCC.I. The number of aliphatic imine (C=N–C) groups is 1. The van der Waals surface area contributed by atoms with Crippen molar-refractivity contribution in [1.29, 1.82) is 0 Å². The molecule has 0 aromatic heterocycles. The number of carbonyl (C=O) groups is 1. The number of amides is 1. The molecule has 0 heterocycles. The van der Waals surface area contributed by atoms with Gasteiger partial charge in [0.05, 0.1) is 12.0 Å². The molecular formula is C19H39IN4O2. The normalized spacial score (nSPS) is 16.1. The Morgan fingerprint density at radius 2 is 1.77 bits per heavy atom. The van der Waals surface area contributed by atoms with Crippen molar-refractivity contribution in [2.45, 2.75) is 58.8 Å². The highest BCUT2D eigenvalue weighted by molar-refractivity contribution is 14.0. The van der Waals surface area contributed by atoms with Crippen molar-refractivity contribution in [3.8, 4) is 0 Å². The summed E-state index contributed by atoms with van der Waals surface area (Å²) in [5.74, 6) is 1.02. The summed E-state index contributed by atoms with van der Waals surface area (Å²) in [5, 5.41) is 6.63. The zero-order valence-electron chi connectivity index (χ0n) is 17.1. The fraction of sp³-hybridized carbons (Fsp3) is 0.895. The van der Waals surface area contributed by atoms with Crippen LogP contribution in [0.3, 0.4) is 0 Å². The maximum Gasteiger partial charge on any atom is 0.230 e. The Morgan fingerprint density at radius 1 is 1.12 bits per heavy atom. The second kappa shape index (κ2) is 14.5. The summed E-state index contributed by atoms with van der Waals surface area (Å²) < 4.78 is 5.58. The van der Waals surface area contributed by atoms with E-state index < -0.39 is 0 Å². The van der Waals surface area contributed by atoms with Gasteiger partial charge in [-0.05, 0) is 32.6 Å². The first-order valence-electron chi connectivity index (χ1n) is 9.87. The summed E-state index contributed by atoms with van der Waals surface area (Å²) in [6.45, 7) is 8.05. The highest BCUT2D eigenvalue weighted by atomic mass is 127. The van der Waals surface area contributed by atoms with E-state index in [9.17, 15) is 4.79 Å². The number of nitrogens with one attached hydrogen (secondary N) is 2. The molecule has 0 aliphatic heterocycles. The monoisotopic (exact) mass is 482 g/mol. The average molecular weight is 482 g/mol. The molecule has 2 N–H and O–H groups in total. The number of carbonyl (C=O) groups excluding carboxylic acids is 1. The number of unbranched alkanes of at least 4 members (excludes halogenated alkanes) is 1. The topological polar surface area (TPSA) is 66.0 Å². The first-order chi connectivity index (χ1) is 12.1. The van der Waals surface area contributed by atoms with Gasteiger partial charge < -0.3 is 20.3 Å². The molecule has 154 valence electrons. The first kappa shape index (κ1) is 25.4. The largest absolute Gasteiger partial charge is 0.381 e. The highest BCUT2D eigenvalue weighted by Crippen LogP contribution is 2.39. The van der Waals surface area contributed by atoms with Gasteiger partial charge >= 0.3 is 0 Å². The Kier molecular flexibility index (Phi) is 14.2. The van der Waals surface area contributed by atoms with E-state index >= 15 is 0 Å². The third kappa shape index (κ3) is 8.88. The van der Waals surface area contributed by atoms with Crippen LogP contribution in [0.25, 0.3) is 0 Å². The van der Waals surface area contributed by atoms with Gasteiger partial charge in [0.15, 0.2) is 5.96 Å². The molecule has 0 aromatic carbocycles. The Bertz CT molecular complexity index is 410. The molecule has 0 radical (unpaired) electrons. The summed E-state index contributed by atoms with van der Waals surface area (Å²) in [6.07, 6.45) is 7.37. The zero-order chi connectivity index (χ0) is 18.5. The molecule has 0 bridgehead atoms. The summed E-state index contributed by atoms with van der Waals surface area (Å²) in [6, 6.07) is 0. The lowest BCUT2D eigenvalue weighted by Crippen LogP contribution is -2.43. The van der Waals surface area contributed by atoms with Crippen molar-refractivity contribution in [3.05, 3.63) is 0 Å². The van der Waals surface area contributed by atoms with Crippen LogP contribution >= 0.6 is 24.0 Å². The van der Waals surface area contributed by atoms with E-state index in [4.69, 9.17) is 9.73 Å². The molecule has 1 aliphatic carbocycles. The lowest BCUT2D eigenvalue weighted by Gasteiger charge is -2.29. The zero-order valence-corrected chi connectivity index (χ0v) is 19.4. The minimum absolute atomic E-state index is 0. The maximum atomic E-state index is 12.6. The number of hydrogen-bond acceptors (Lipinski definition) is 3. The molecule has 0 saturated heterocycles. The third-order valence-electron chi connectivity index (χ3n) is 4.70. The van der Waals surface area contributed by atoms with E-state index in [2.05, 4.69) is 24.5 Å². The van der Waals surface area contributed by atoms with Gasteiger partial charge in [-0.3, -0.25) is 9.79 Å². The second-order valence-electron chi connectivity index (χ2n) is 7.13. The molecule has 1 aliphatic rings. The van der Waals surface area contributed by atoms with E-state index in [-0.39, 0.29) is 35.3 Å². The molecule has 0 unspecified atom stereocenters. The summed E-state index contributed by atoms with van der Waals surface area (Å²) in [5.41, 5.74) is -0.310. The Balaban J connectivity index is 0.00000625. The molecule has 1 rings (SSSR count). The van der Waals surface area contributed by atoms with Crippen LogP contribution in [0.4, 0.5) is 0 Å². The van der Waals surface area contributed by atoms with Gasteiger partial charge in [0.1, 0.15) is 0 Å². The van der Waals surface area contributed by atoms with Crippen LogP contribution in [0, 0.1) is 5.41 Å². The van der Waals surface area contributed by atoms with E-state index in [1.165, 1.54) is 6.42 Å². The van der Waals surface area contributed by atoms with E-state index in [1.807, 2.05) is 14.1 Å². The number of guanidine groups is 1. The van der Waals surface area contributed by atoms with Crippen molar-refractivity contribution < 1.29 is 9.53 Å². The number of nitrogens with zero attached hydrogens (tertiary/aromatic N) is 2. The van der Waals surface area contributed by atoms with Crippen LogP contribution in [-0.2, 0) is 9.53 Å². The van der Waals surface area contributed by atoms with Gasteiger partial charge in [-0.25, -0.2) is 0 Å². The van der Waals surface area contributed by atoms with Gasteiger partial charge in [-0.15, -0.1) is 24.0 Å². The van der Waals surface area contributed by atoms with Crippen LogP contribution in [0.2, 0.25) is 0 Å². The second-order valence-corrected chi connectivity index (χ2v) is 7.13. The molecule has 1 fully saturated rings. The average Bonchev–Trinajstić information content (AvgIpc) is 3.08. The first-order valence-corrected chi connectivity index (χ1v) is 9.87. The van der Waals surface area contributed by atoms with Crippen molar-refractivity contribution in [3.63, 3.8) is 0 Å². The molecule has 0 spiro atoms. The number of rotatable bonds is 11. The van der Waals surface area contributed by atoms with Crippen LogP contribution in [0.15, 0.2) is 4.99 Å². The maximum absolute atomic E-state index is 12.6. The lowest BCUT2D eigenvalue weighted by atomic mass is 9.85. The van der Waals surface area contributed by atoms with E-state index in [0.29, 0.717) is 6.54 Å². The summed E-state index contributed by atoms with van der Waals surface area (Å²) in [4.78, 5) is 19.1. The smallest absolute Gasteiger partial charge is 0.230 e. The van der Waals surface area contributed by atoms with Crippen molar-refractivity contribution in [2.24, 2.45) is 10.4 Å². The Hall–Kier alpha value is -0.570. The number of hydrogen-bond donors (Lipinski definition) is 2.